The van der Waals surface area contributed by atoms with Gasteiger partial charge in [-0.15, -0.1) is 12.4 Å². The van der Waals surface area contributed by atoms with Crippen LogP contribution in [0.5, 0.6) is 0 Å². The third-order valence-electron chi connectivity index (χ3n) is 6.33. The van der Waals surface area contributed by atoms with Gasteiger partial charge in [0, 0.05) is 18.5 Å². The molecule has 4 nitrogen and oxygen atoms in total. The summed E-state index contributed by atoms with van der Waals surface area (Å²) < 4.78 is 15.1. The van der Waals surface area contributed by atoms with Crippen LogP contribution in [0.25, 0.3) is 0 Å². The fraction of sp³-hybridized carbons (Fsp3) is 0.409. The molecule has 1 heterocycles. The number of rotatable bonds is 5. The molecule has 2 aromatic rings. The molecule has 150 valence electrons. The summed E-state index contributed by atoms with van der Waals surface area (Å²) in [5.74, 6) is 0.421. The summed E-state index contributed by atoms with van der Waals surface area (Å²) in [5, 5.41) is 13.2. The van der Waals surface area contributed by atoms with Crippen molar-refractivity contribution in [3.05, 3.63) is 71.0 Å². The normalized spacial score (nSPS) is 25.4. The SMILES string of the molecule is Cc1cccc([C@@]2(CN(Cc3ccccc3)C(=O)O)[C@@H]3CCNC[C@@H]32)c1F.Cl. The van der Waals surface area contributed by atoms with Gasteiger partial charge in [0.05, 0.1) is 0 Å². The molecular formula is C22H26ClFN2O2. The van der Waals surface area contributed by atoms with Gasteiger partial charge in [-0.25, -0.2) is 9.18 Å². The van der Waals surface area contributed by atoms with E-state index in [1.807, 2.05) is 42.5 Å². The lowest BCUT2D eigenvalue weighted by Crippen LogP contribution is -2.38. The number of carboxylic acid groups (broad SMARTS) is 1. The molecule has 2 aromatic carbocycles. The second kappa shape index (κ2) is 8.10. The minimum absolute atomic E-state index is 0. The van der Waals surface area contributed by atoms with E-state index in [2.05, 4.69) is 5.32 Å². The molecule has 0 spiro atoms. The molecule has 0 radical (unpaired) electrons. The van der Waals surface area contributed by atoms with Crippen molar-refractivity contribution in [1.29, 1.82) is 0 Å². The molecule has 1 amide bonds. The van der Waals surface area contributed by atoms with Gasteiger partial charge in [0.25, 0.3) is 0 Å². The van der Waals surface area contributed by atoms with E-state index in [0.29, 0.717) is 30.1 Å². The zero-order chi connectivity index (χ0) is 19.0. The van der Waals surface area contributed by atoms with Gasteiger partial charge in [-0.3, -0.25) is 0 Å². The van der Waals surface area contributed by atoms with E-state index in [1.54, 1.807) is 13.0 Å². The number of nitrogens with zero attached hydrogens (tertiary/aromatic N) is 1. The van der Waals surface area contributed by atoms with Crippen molar-refractivity contribution in [3.8, 4) is 0 Å². The number of hydrogen-bond donors (Lipinski definition) is 2. The first kappa shape index (κ1) is 20.6. The average Bonchev–Trinajstić information content (AvgIpc) is 3.32. The molecule has 4 rings (SSSR count). The van der Waals surface area contributed by atoms with Crippen LogP contribution in [-0.2, 0) is 12.0 Å². The highest BCUT2D eigenvalue weighted by atomic mass is 35.5. The van der Waals surface area contributed by atoms with Gasteiger partial charge >= 0.3 is 6.09 Å². The molecule has 0 bridgehead atoms. The van der Waals surface area contributed by atoms with Crippen molar-refractivity contribution in [2.45, 2.75) is 25.3 Å². The van der Waals surface area contributed by atoms with Gasteiger partial charge in [0.2, 0.25) is 0 Å². The number of fused-ring (bicyclic) bond motifs is 1. The highest BCUT2D eigenvalue weighted by molar-refractivity contribution is 5.85. The molecule has 0 aromatic heterocycles. The van der Waals surface area contributed by atoms with Crippen molar-refractivity contribution >= 4 is 18.5 Å². The molecule has 2 N–H and O–H groups in total. The van der Waals surface area contributed by atoms with Gasteiger partial charge in [-0.1, -0.05) is 48.5 Å². The molecule has 2 fully saturated rings. The summed E-state index contributed by atoms with van der Waals surface area (Å²) in [5.41, 5.74) is 1.81. The van der Waals surface area contributed by atoms with Gasteiger partial charge in [-0.05, 0) is 55.0 Å². The second-order valence-corrected chi connectivity index (χ2v) is 7.81. The Hall–Kier alpha value is -2.11. The predicted molar refractivity (Wildman–Crippen MR) is 109 cm³/mol. The maximum Gasteiger partial charge on any atom is 0.407 e. The van der Waals surface area contributed by atoms with Crippen molar-refractivity contribution in [3.63, 3.8) is 0 Å². The van der Waals surface area contributed by atoms with E-state index in [9.17, 15) is 9.90 Å². The summed E-state index contributed by atoms with van der Waals surface area (Å²) in [6.45, 7) is 4.14. The monoisotopic (exact) mass is 404 g/mol. The van der Waals surface area contributed by atoms with E-state index in [4.69, 9.17) is 0 Å². The number of aryl methyl sites for hydroxylation is 1. The molecule has 1 saturated carbocycles. The van der Waals surface area contributed by atoms with Crippen LogP contribution in [0, 0.1) is 24.6 Å². The van der Waals surface area contributed by atoms with Gasteiger partial charge in [-0.2, -0.15) is 0 Å². The highest BCUT2D eigenvalue weighted by Gasteiger charge is 2.66. The fourth-order valence-electron chi connectivity index (χ4n) is 4.94. The Morgan fingerprint density at radius 1 is 1.21 bits per heavy atom. The zero-order valence-corrected chi connectivity index (χ0v) is 16.7. The number of piperidine rings is 1. The number of benzene rings is 2. The molecule has 1 aliphatic heterocycles. The lowest BCUT2D eigenvalue weighted by molar-refractivity contribution is 0.134. The third kappa shape index (κ3) is 3.49. The molecular weight excluding hydrogens is 379 g/mol. The van der Waals surface area contributed by atoms with Crippen LogP contribution in [0.1, 0.15) is 23.1 Å². The first-order valence-corrected chi connectivity index (χ1v) is 9.52. The fourth-order valence-corrected chi connectivity index (χ4v) is 4.94. The maximum absolute atomic E-state index is 15.1. The van der Waals surface area contributed by atoms with Gasteiger partial charge in [0.1, 0.15) is 5.82 Å². The first-order chi connectivity index (χ1) is 13.0. The summed E-state index contributed by atoms with van der Waals surface area (Å²) in [7, 11) is 0. The number of carbonyl (C=O) groups is 1. The minimum Gasteiger partial charge on any atom is -0.465 e. The Morgan fingerprint density at radius 3 is 2.61 bits per heavy atom. The van der Waals surface area contributed by atoms with Crippen LogP contribution >= 0.6 is 12.4 Å². The first-order valence-electron chi connectivity index (χ1n) is 9.52. The van der Waals surface area contributed by atoms with Gasteiger partial charge < -0.3 is 15.3 Å². The van der Waals surface area contributed by atoms with Crippen LogP contribution in [0.2, 0.25) is 0 Å². The van der Waals surface area contributed by atoms with Crippen molar-refractivity contribution in [2.24, 2.45) is 11.8 Å². The third-order valence-corrected chi connectivity index (χ3v) is 6.33. The predicted octanol–water partition coefficient (Wildman–Crippen LogP) is 4.21. The van der Waals surface area contributed by atoms with Crippen LogP contribution in [0.15, 0.2) is 48.5 Å². The molecule has 6 heteroatoms. The second-order valence-electron chi connectivity index (χ2n) is 7.81. The molecule has 1 saturated heterocycles. The van der Waals surface area contributed by atoms with Crippen LogP contribution in [0.4, 0.5) is 9.18 Å². The quantitative estimate of drug-likeness (QED) is 0.784. The number of nitrogens with one attached hydrogen (secondary N) is 1. The Balaban J connectivity index is 0.00000225. The topological polar surface area (TPSA) is 52.6 Å². The van der Waals surface area contributed by atoms with E-state index >= 15 is 4.39 Å². The number of amides is 1. The van der Waals surface area contributed by atoms with Crippen LogP contribution in [0.3, 0.4) is 0 Å². The minimum atomic E-state index is -0.956. The lowest BCUT2D eigenvalue weighted by atomic mass is 9.88. The number of hydrogen-bond acceptors (Lipinski definition) is 2. The standard InChI is InChI=1S/C22H25FN2O2.ClH/c1-15-6-5-9-18(20(15)23)22(17-10-11-24-12-19(17)22)14-25(21(26)27)13-16-7-3-2-4-8-16;/h2-9,17,19,24H,10-14H2,1H3,(H,26,27);1H/t17-,19+,22-;/m1./s1. The Morgan fingerprint density at radius 2 is 1.96 bits per heavy atom. The van der Waals surface area contributed by atoms with Crippen molar-refractivity contribution < 1.29 is 14.3 Å². The van der Waals surface area contributed by atoms with E-state index in [0.717, 1.165) is 25.1 Å². The molecule has 28 heavy (non-hydrogen) atoms. The van der Waals surface area contributed by atoms with E-state index in [-0.39, 0.29) is 24.1 Å². The largest absolute Gasteiger partial charge is 0.465 e. The summed E-state index contributed by atoms with van der Waals surface area (Å²) in [6, 6.07) is 15.1. The molecule has 0 unspecified atom stereocenters. The summed E-state index contributed by atoms with van der Waals surface area (Å²) in [4.78, 5) is 13.5. The summed E-state index contributed by atoms with van der Waals surface area (Å²) >= 11 is 0. The smallest absolute Gasteiger partial charge is 0.407 e. The number of halogens is 2. The average molecular weight is 405 g/mol. The molecule has 2 aliphatic rings. The van der Waals surface area contributed by atoms with E-state index < -0.39 is 11.5 Å². The van der Waals surface area contributed by atoms with Crippen molar-refractivity contribution in [1.82, 2.24) is 10.2 Å². The van der Waals surface area contributed by atoms with Gasteiger partial charge in [0.15, 0.2) is 0 Å². The zero-order valence-electron chi connectivity index (χ0n) is 15.9. The molecule has 1 aliphatic carbocycles. The van der Waals surface area contributed by atoms with Crippen molar-refractivity contribution in [2.75, 3.05) is 19.6 Å². The Kier molecular flexibility index (Phi) is 5.96. The molecule has 3 atom stereocenters. The highest BCUT2D eigenvalue weighted by Crippen LogP contribution is 2.63. The van der Waals surface area contributed by atoms with E-state index in [1.165, 1.54) is 4.90 Å². The Labute approximate surface area is 171 Å². The maximum atomic E-state index is 15.1. The summed E-state index contributed by atoms with van der Waals surface area (Å²) in [6.07, 6.45) is -0.000449. The lowest BCUT2D eigenvalue weighted by Gasteiger charge is -2.28. The van der Waals surface area contributed by atoms with Crippen LogP contribution in [-0.4, -0.2) is 35.7 Å². The van der Waals surface area contributed by atoms with Crippen LogP contribution < -0.4 is 5.32 Å². The Bertz CT molecular complexity index is 834.